The van der Waals surface area contributed by atoms with Gasteiger partial charge in [0.2, 0.25) is 0 Å². The molecule has 1 fully saturated rings. The molecule has 11 heteroatoms. The first-order valence-corrected chi connectivity index (χ1v) is 15.5. The molecule has 1 aromatic heterocycles. The number of hydrogen-bond acceptors (Lipinski definition) is 4. The molecule has 7 nitrogen and oxygen atoms in total. The lowest BCUT2D eigenvalue weighted by molar-refractivity contribution is -0.137. The van der Waals surface area contributed by atoms with Gasteiger partial charge in [0, 0.05) is 30.1 Å². The summed E-state index contributed by atoms with van der Waals surface area (Å²) in [5, 5.41) is 7.86. The molecular formula is C35H35F4N5O2. The van der Waals surface area contributed by atoms with Crippen LogP contribution in [0.2, 0.25) is 0 Å². The third kappa shape index (κ3) is 6.16. The summed E-state index contributed by atoms with van der Waals surface area (Å²) in [6.07, 6.45) is -2.56. The largest absolute Gasteiger partial charge is 0.416 e. The van der Waals surface area contributed by atoms with Crippen LogP contribution in [0.5, 0.6) is 0 Å². The maximum Gasteiger partial charge on any atom is 0.416 e. The van der Waals surface area contributed by atoms with Gasteiger partial charge in [-0.2, -0.15) is 18.3 Å². The van der Waals surface area contributed by atoms with Gasteiger partial charge in [-0.25, -0.2) is 9.07 Å². The van der Waals surface area contributed by atoms with Gasteiger partial charge >= 0.3 is 6.18 Å². The number of amides is 2. The summed E-state index contributed by atoms with van der Waals surface area (Å²) in [6, 6.07) is 18.1. The Morgan fingerprint density at radius 2 is 1.67 bits per heavy atom. The van der Waals surface area contributed by atoms with Gasteiger partial charge in [-0.1, -0.05) is 43.3 Å². The quantitative estimate of drug-likeness (QED) is 0.234. The van der Waals surface area contributed by atoms with Crippen molar-refractivity contribution >= 4 is 17.6 Å². The number of para-hydroxylation sites is 1. The number of likely N-dealkylation sites (tertiary alicyclic amines) is 1. The van der Waals surface area contributed by atoms with E-state index in [4.69, 9.17) is 5.10 Å². The van der Waals surface area contributed by atoms with Crippen molar-refractivity contribution < 1.29 is 27.2 Å². The van der Waals surface area contributed by atoms with Crippen LogP contribution in [-0.2, 0) is 17.5 Å². The molecule has 2 aliphatic heterocycles. The number of piperidine rings is 1. The second kappa shape index (κ2) is 12.7. The minimum absolute atomic E-state index is 0.225. The first-order valence-electron chi connectivity index (χ1n) is 15.5. The smallest absolute Gasteiger partial charge is 0.339 e. The average molecular weight is 634 g/mol. The molecule has 0 saturated carbocycles. The SMILES string of the molecule is CCN1C(=O)C(NC(=O)c2cccc(C(F)(F)F)c2)C(c2ccc(F)cc2)c2c(CN3CCC(C)CC3)nn(-c3ccccc3)c21. The molecule has 0 bridgehead atoms. The Hall–Kier alpha value is -4.51. The molecule has 2 amide bonds. The number of anilines is 1. The number of nitrogens with zero attached hydrogens (tertiary/aromatic N) is 4. The molecule has 46 heavy (non-hydrogen) atoms. The lowest BCUT2D eigenvalue weighted by Crippen LogP contribution is -2.55. The molecule has 0 spiro atoms. The minimum atomic E-state index is -4.64. The van der Waals surface area contributed by atoms with Crippen LogP contribution in [-0.4, -0.2) is 52.2 Å². The Morgan fingerprint density at radius 1 is 0.978 bits per heavy atom. The standard InChI is InChI=1S/C35H35F4N5O2/c1-3-43-33-30(28(21-42-18-16-22(2)17-19-42)41-44(33)27-10-5-4-6-11-27)29(23-12-14-26(36)15-13-23)31(34(43)46)40-32(45)24-8-7-9-25(20-24)35(37,38)39/h4-15,20,22,29,31H,3,16-19,21H2,1-2H3,(H,40,45). The third-order valence-electron chi connectivity index (χ3n) is 8.94. The highest BCUT2D eigenvalue weighted by Crippen LogP contribution is 2.44. The normalized spacial score (nSPS) is 19.3. The van der Waals surface area contributed by atoms with Gasteiger partial charge < -0.3 is 5.32 Å². The number of rotatable bonds is 7. The summed E-state index contributed by atoms with van der Waals surface area (Å²) >= 11 is 0. The van der Waals surface area contributed by atoms with Crippen LogP contribution in [0, 0.1) is 11.7 Å². The van der Waals surface area contributed by atoms with Crippen molar-refractivity contribution in [3.8, 4) is 5.69 Å². The Morgan fingerprint density at radius 3 is 2.33 bits per heavy atom. The number of nitrogens with one attached hydrogen (secondary N) is 1. The summed E-state index contributed by atoms with van der Waals surface area (Å²) in [4.78, 5) is 31.9. The van der Waals surface area contributed by atoms with E-state index in [9.17, 15) is 27.2 Å². The molecule has 0 radical (unpaired) electrons. The van der Waals surface area contributed by atoms with Crippen molar-refractivity contribution in [1.82, 2.24) is 20.0 Å². The fourth-order valence-corrected chi connectivity index (χ4v) is 6.46. The fourth-order valence-electron chi connectivity index (χ4n) is 6.46. The topological polar surface area (TPSA) is 70.5 Å². The van der Waals surface area contributed by atoms with E-state index in [1.165, 1.54) is 18.2 Å². The zero-order chi connectivity index (χ0) is 32.6. The van der Waals surface area contributed by atoms with Crippen molar-refractivity contribution in [3.05, 3.63) is 113 Å². The van der Waals surface area contributed by atoms with Gasteiger partial charge in [0.1, 0.15) is 17.7 Å². The highest BCUT2D eigenvalue weighted by molar-refractivity contribution is 6.05. The Kier molecular flexibility index (Phi) is 8.69. The molecule has 240 valence electrons. The lowest BCUT2D eigenvalue weighted by Gasteiger charge is -2.39. The van der Waals surface area contributed by atoms with Gasteiger partial charge in [0.25, 0.3) is 11.8 Å². The number of hydrogen-bond donors (Lipinski definition) is 1. The van der Waals surface area contributed by atoms with Crippen molar-refractivity contribution in [2.75, 3.05) is 24.5 Å². The number of fused-ring (bicyclic) bond motifs is 1. The monoisotopic (exact) mass is 633 g/mol. The maximum atomic E-state index is 14.4. The molecule has 3 heterocycles. The highest BCUT2D eigenvalue weighted by atomic mass is 19.4. The second-order valence-electron chi connectivity index (χ2n) is 12.0. The highest BCUT2D eigenvalue weighted by Gasteiger charge is 2.46. The van der Waals surface area contributed by atoms with Crippen LogP contribution in [0.4, 0.5) is 23.4 Å². The second-order valence-corrected chi connectivity index (χ2v) is 12.0. The molecular weight excluding hydrogens is 598 g/mol. The Bertz CT molecular complexity index is 1710. The molecule has 1 N–H and O–H groups in total. The van der Waals surface area contributed by atoms with Crippen molar-refractivity contribution in [2.24, 2.45) is 5.92 Å². The molecule has 2 aliphatic rings. The van der Waals surface area contributed by atoms with Gasteiger partial charge in [-0.05, 0) is 86.8 Å². The van der Waals surface area contributed by atoms with E-state index in [2.05, 4.69) is 17.1 Å². The van der Waals surface area contributed by atoms with Crippen LogP contribution in [0.1, 0.15) is 65.3 Å². The van der Waals surface area contributed by atoms with Gasteiger partial charge in [0.15, 0.2) is 0 Å². The van der Waals surface area contributed by atoms with E-state index in [0.717, 1.165) is 49.8 Å². The molecule has 2 unspecified atom stereocenters. The number of carbonyl (C=O) groups excluding carboxylic acids is 2. The molecule has 3 aromatic carbocycles. The van der Waals surface area contributed by atoms with E-state index in [0.29, 0.717) is 35.1 Å². The number of benzene rings is 3. The van der Waals surface area contributed by atoms with Crippen molar-refractivity contribution in [3.63, 3.8) is 0 Å². The van der Waals surface area contributed by atoms with E-state index < -0.39 is 41.3 Å². The number of likely N-dealkylation sites (N-methyl/N-ethyl adjacent to an activating group) is 1. The lowest BCUT2D eigenvalue weighted by atomic mass is 9.80. The van der Waals surface area contributed by atoms with E-state index in [1.54, 1.807) is 21.7 Å². The Balaban J connectivity index is 1.51. The summed E-state index contributed by atoms with van der Waals surface area (Å²) in [5.41, 5.74) is 1.55. The number of aromatic nitrogens is 2. The third-order valence-corrected chi connectivity index (χ3v) is 8.94. The van der Waals surface area contributed by atoms with Crippen LogP contribution >= 0.6 is 0 Å². The van der Waals surface area contributed by atoms with E-state index in [-0.39, 0.29) is 12.1 Å². The molecule has 1 saturated heterocycles. The van der Waals surface area contributed by atoms with E-state index in [1.807, 2.05) is 37.3 Å². The average Bonchev–Trinajstić information content (AvgIpc) is 3.41. The van der Waals surface area contributed by atoms with Crippen LogP contribution in [0.3, 0.4) is 0 Å². The molecule has 4 aromatic rings. The van der Waals surface area contributed by atoms with E-state index >= 15 is 0 Å². The molecule has 2 atom stereocenters. The summed E-state index contributed by atoms with van der Waals surface area (Å²) in [7, 11) is 0. The van der Waals surface area contributed by atoms with Gasteiger partial charge in [-0.3, -0.25) is 19.4 Å². The predicted molar refractivity (Wildman–Crippen MR) is 166 cm³/mol. The molecule has 0 aliphatic carbocycles. The molecule has 6 rings (SSSR count). The zero-order valence-corrected chi connectivity index (χ0v) is 25.6. The first-order chi connectivity index (χ1) is 22.0. The van der Waals surface area contributed by atoms with Crippen LogP contribution in [0.15, 0.2) is 78.9 Å². The van der Waals surface area contributed by atoms with Crippen LogP contribution in [0.25, 0.3) is 5.69 Å². The number of halogens is 4. The van der Waals surface area contributed by atoms with Gasteiger partial charge in [0.05, 0.1) is 16.9 Å². The van der Waals surface area contributed by atoms with Gasteiger partial charge in [-0.15, -0.1) is 0 Å². The summed E-state index contributed by atoms with van der Waals surface area (Å²) < 4.78 is 56.4. The maximum absolute atomic E-state index is 14.4. The fraction of sp³-hybridized carbons (Fsp3) is 0.343. The van der Waals surface area contributed by atoms with Crippen molar-refractivity contribution in [2.45, 2.75) is 51.4 Å². The van der Waals surface area contributed by atoms with Crippen molar-refractivity contribution in [1.29, 1.82) is 0 Å². The predicted octanol–water partition coefficient (Wildman–Crippen LogP) is 6.56. The van der Waals surface area contributed by atoms with Crippen LogP contribution < -0.4 is 10.2 Å². The summed E-state index contributed by atoms with van der Waals surface area (Å²) in [5.74, 6) is -1.36. The zero-order valence-electron chi connectivity index (χ0n) is 25.6. The Labute approximate surface area is 264 Å². The number of carbonyl (C=O) groups is 2. The first kappa shape index (κ1) is 31.5. The minimum Gasteiger partial charge on any atom is -0.339 e. The number of alkyl halides is 3. The summed E-state index contributed by atoms with van der Waals surface area (Å²) in [6.45, 7) is 6.54.